The molecule has 2 heterocycles. The summed E-state index contributed by atoms with van der Waals surface area (Å²) in [5.74, 6) is 0.933. The van der Waals surface area contributed by atoms with Gasteiger partial charge in [0.1, 0.15) is 10.6 Å². The number of aromatic nitrogens is 2. The fourth-order valence-corrected chi connectivity index (χ4v) is 2.88. The second-order valence-electron chi connectivity index (χ2n) is 3.82. The van der Waals surface area contributed by atoms with Crippen LogP contribution in [0.15, 0.2) is 34.1 Å². The molecule has 0 saturated heterocycles. The summed E-state index contributed by atoms with van der Waals surface area (Å²) in [6, 6.07) is 7.57. The largest absolute Gasteiger partial charge is 0.368 e. The van der Waals surface area contributed by atoms with Crippen molar-refractivity contribution in [2.24, 2.45) is 0 Å². The number of rotatable bonds is 2. The number of thiophene rings is 1. The summed E-state index contributed by atoms with van der Waals surface area (Å²) in [7, 11) is 0. The second-order valence-corrected chi connectivity index (χ2v) is 5.98. The summed E-state index contributed by atoms with van der Waals surface area (Å²) in [6.07, 6.45) is 0. The van der Waals surface area contributed by atoms with E-state index < -0.39 is 0 Å². The predicted molar refractivity (Wildman–Crippen MR) is 84.3 cm³/mol. The Hall–Kier alpha value is -1.37. The molecule has 0 aliphatic rings. The van der Waals surface area contributed by atoms with Crippen LogP contribution in [0.5, 0.6) is 0 Å². The smallest absolute Gasteiger partial charge is 0.223 e. The number of benzene rings is 1. The molecule has 0 unspecified atom stereocenters. The summed E-state index contributed by atoms with van der Waals surface area (Å²) in [6.45, 7) is 0. The molecule has 0 aliphatic carbocycles. The number of nitrogens with two attached hydrogens (primary N) is 1. The summed E-state index contributed by atoms with van der Waals surface area (Å²) in [5, 5.41) is 6.74. The van der Waals surface area contributed by atoms with Gasteiger partial charge >= 0.3 is 0 Å². The minimum atomic E-state index is 0.251. The van der Waals surface area contributed by atoms with Crippen LogP contribution in [0.4, 0.5) is 17.5 Å². The Labute approximate surface area is 126 Å². The molecule has 0 saturated carbocycles. The van der Waals surface area contributed by atoms with Crippen molar-refractivity contribution in [2.45, 2.75) is 0 Å². The maximum atomic E-state index is 6.07. The van der Waals surface area contributed by atoms with Crippen molar-refractivity contribution < 1.29 is 0 Å². The highest BCUT2D eigenvalue weighted by Gasteiger charge is 2.08. The highest BCUT2D eigenvalue weighted by atomic mass is 79.9. The van der Waals surface area contributed by atoms with Crippen molar-refractivity contribution in [3.63, 3.8) is 0 Å². The van der Waals surface area contributed by atoms with Crippen LogP contribution in [-0.4, -0.2) is 9.97 Å². The molecular formula is C12H8BrClN4S. The Morgan fingerprint density at radius 3 is 2.89 bits per heavy atom. The molecule has 0 atom stereocenters. The van der Waals surface area contributed by atoms with E-state index in [1.54, 1.807) is 0 Å². The van der Waals surface area contributed by atoms with Gasteiger partial charge in [-0.3, -0.25) is 0 Å². The SMILES string of the molecule is Nc1nc(Nc2ccc(Br)c(Cl)c2)c2ccsc2n1. The lowest BCUT2D eigenvalue weighted by Crippen LogP contribution is -2.00. The van der Waals surface area contributed by atoms with Crippen LogP contribution in [0.2, 0.25) is 5.02 Å². The van der Waals surface area contributed by atoms with Crippen LogP contribution in [-0.2, 0) is 0 Å². The zero-order chi connectivity index (χ0) is 13.4. The Bertz CT molecular complexity index is 759. The first-order valence-electron chi connectivity index (χ1n) is 5.36. The molecule has 0 fully saturated rings. The third kappa shape index (κ3) is 2.51. The summed E-state index contributed by atoms with van der Waals surface area (Å²) in [5.41, 5.74) is 6.55. The number of fused-ring (bicyclic) bond motifs is 1. The van der Waals surface area contributed by atoms with E-state index in [1.807, 2.05) is 29.6 Å². The number of hydrogen-bond acceptors (Lipinski definition) is 5. The van der Waals surface area contributed by atoms with Gasteiger partial charge in [-0.2, -0.15) is 4.98 Å². The maximum absolute atomic E-state index is 6.07. The van der Waals surface area contributed by atoms with E-state index in [1.165, 1.54) is 11.3 Å². The van der Waals surface area contributed by atoms with Gasteiger partial charge in [0, 0.05) is 10.2 Å². The average Bonchev–Trinajstić information content (AvgIpc) is 2.82. The Morgan fingerprint density at radius 2 is 2.11 bits per heavy atom. The van der Waals surface area contributed by atoms with E-state index in [2.05, 4.69) is 31.2 Å². The van der Waals surface area contributed by atoms with E-state index in [0.717, 1.165) is 20.4 Å². The van der Waals surface area contributed by atoms with Gasteiger partial charge in [-0.05, 0) is 45.6 Å². The lowest BCUT2D eigenvalue weighted by atomic mass is 10.3. The quantitative estimate of drug-likeness (QED) is 0.713. The predicted octanol–water partition coefficient (Wildman–Crippen LogP) is 4.43. The van der Waals surface area contributed by atoms with Crippen LogP contribution in [0.1, 0.15) is 0 Å². The fourth-order valence-electron chi connectivity index (χ4n) is 1.68. The molecule has 2 aromatic heterocycles. The molecule has 7 heteroatoms. The molecule has 3 rings (SSSR count). The van der Waals surface area contributed by atoms with Crippen LogP contribution >= 0.6 is 38.9 Å². The van der Waals surface area contributed by atoms with E-state index >= 15 is 0 Å². The molecule has 1 aromatic carbocycles. The molecule has 0 radical (unpaired) electrons. The van der Waals surface area contributed by atoms with Crippen LogP contribution in [0, 0.1) is 0 Å². The molecule has 3 N–H and O–H groups in total. The number of nitrogens with zero attached hydrogens (tertiary/aromatic N) is 2. The summed E-state index contributed by atoms with van der Waals surface area (Å²) in [4.78, 5) is 9.27. The van der Waals surface area contributed by atoms with Gasteiger partial charge in [0.05, 0.1) is 10.4 Å². The topological polar surface area (TPSA) is 63.8 Å². The fraction of sp³-hybridized carbons (Fsp3) is 0. The molecule has 3 aromatic rings. The van der Waals surface area contributed by atoms with E-state index in [0.29, 0.717) is 10.8 Å². The first-order chi connectivity index (χ1) is 9.13. The zero-order valence-electron chi connectivity index (χ0n) is 9.52. The molecule has 19 heavy (non-hydrogen) atoms. The number of nitrogen functional groups attached to an aromatic ring is 1. The monoisotopic (exact) mass is 354 g/mol. The molecule has 0 amide bonds. The summed E-state index contributed by atoms with van der Waals surface area (Å²) < 4.78 is 0.850. The Kier molecular flexibility index (Phi) is 3.30. The summed E-state index contributed by atoms with van der Waals surface area (Å²) >= 11 is 10.9. The van der Waals surface area contributed by atoms with Crippen LogP contribution < -0.4 is 11.1 Å². The Morgan fingerprint density at radius 1 is 1.26 bits per heavy atom. The highest BCUT2D eigenvalue weighted by molar-refractivity contribution is 9.10. The van der Waals surface area contributed by atoms with E-state index in [4.69, 9.17) is 17.3 Å². The van der Waals surface area contributed by atoms with Crippen molar-refractivity contribution >= 4 is 66.5 Å². The third-order valence-electron chi connectivity index (χ3n) is 2.52. The van der Waals surface area contributed by atoms with Gasteiger partial charge in [-0.25, -0.2) is 4.98 Å². The molecule has 0 aliphatic heterocycles. The highest BCUT2D eigenvalue weighted by Crippen LogP contribution is 2.30. The minimum Gasteiger partial charge on any atom is -0.368 e. The van der Waals surface area contributed by atoms with Crippen molar-refractivity contribution in [1.82, 2.24) is 9.97 Å². The number of hydrogen-bond donors (Lipinski definition) is 2. The van der Waals surface area contributed by atoms with Gasteiger partial charge in [0.2, 0.25) is 5.95 Å². The zero-order valence-corrected chi connectivity index (χ0v) is 12.7. The average molecular weight is 356 g/mol. The Balaban J connectivity index is 2.04. The van der Waals surface area contributed by atoms with Crippen molar-refractivity contribution in [2.75, 3.05) is 11.1 Å². The molecule has 4 nitrogen and oxygen atoms in total. The standard InChI is InChI=1S/C12H8BrClN4S/c13-8-2-1-6(5-9(8)14)16-10-7-3-4-19-11(7)18-12(15)17-10/h1-5H,(H3,15,16,17,18). The molecule has 0 bridgehead atoms. The van der Waals surface area contributed by atoms with E-state index in [-0.39, 0.29) is 5.95 Å². The lowest BCUT2D eigenvalue weighted by molar-refractivity contribution is 1.24. The number of halogens is 2. The van der Waals surface area contributed by atoms with Crippen molar-refractivity contribution in [3.05, 3.63) is 39.1 Å². The third-order valence-corrected chi connectivity index (χ3v) is 4.56. The number of anilines is 3. The minimum absolute atomic E-state index is 0.251. The lowest BCUT2D eigenvalue weighted by Gasteiger charge is -2.08. The van der Waals surface area contributed by atoms with Gasteiger partial charge in [0.25, 0.3) is 0 Å². The molecule has 96 valence electrons. The van der Waals surface area contributed by atoms with E-state index in [9.17, 15) is 0 Å². The van der Waals surface area contributed by atoms with Crippen molar-refractivity contribution in [3.8, 4) is 0 Å². The first kappa shape index (κ1) is 12.7. The van der Waals surface area contributed by atoms with Crippen molar-refractivity contribution in [1.29, 1.82) is 0 Å². The second kappa shape index (κ2) is 4.96. The number of nitrogens with one attached hydrogen (secondary N) is 1. The first-order valence-corrected chi connectivity index (χ1v) is 7.41. The molecular weight excluding hydrogens is 348 g/mol. The van der Waals surface area contributed by atoms with Gasteiger partial charge in [0.15, 0.2) is 0 Å². The normalized spacial score (nSPS) is 10.8. The van der Waals surface area contributed by atoms with Gasteiger partial charge in [-0.1, -0.05) is 11.6 Å². The van der Waals surface area contributed by atoms with Crippen LogP contribution in [0.25, 0.3) is 10.2 Å². The van der Waals surface area contributed by atoms with Gasteiger partial charge < -0.3 is 11.1 Å². The molecule has 0 spiro atoms. The van der Waals surface area contributed by atoms with Gasteiger partial charge in [-0.15, -0.1) is 11.3 Å². The van der Waals surface area contributed by atoms with Crippen LogP contribution in [0.3, 0.4) is 0 Å². The maximum Gasteiger partial charge on any atom is 0.223 e.